The number of aromatic nitrogens is 1. The van der Waals surface area contributed by atoms with Crippen LogP contribution in [0.1, 0.15) is 19.4 Å². The van der Waals surface area contributed by atoms with Crippen LogP contribution in [0, 0.1) is 0 Å². The maximum atomic E-state index is 12.4. The van der Waals surface area contributed by atoms with Crippen LogP contribution in [0.5, 0.6) is 0 Å². The topological polar surface area (TPSA) is 48.4 Å². The van der Waals surface area contributed by atoms with Crippen molar-refractivity contribution in [1.82, 2.24) is 4.98 Å². The molecule has 1 heterocycles. The van der Waals surface area contributed by atoms with Crippen molar-refractivity contribution in [3.63, 3.8) is 0 Å². The second-order valence-corrected chi connectivity index (χ2v) is 6.66. The third-order valence-electron chi connectivity index (χ3n) is 3.03. The van der Waals surface area contributed by atoms with Gasteiger partial charge in [-0.05, 0) is 43.4 Å². The molecule has 20 heavy (non-hydrogen) atoms. The van der Waals surface area contributed by atoms with E-state index in [9.17, 15) is 4.57 Å². The molecule has 4 nitrogen and oxygen atoms in total. The number of rotatable bonds is 7. The van der Waals surface area contributed by atoms with E-state index in [2.05, 4.69) is 17.1 Å². The lowest BCUT2D eigenvalue weighted by Crippen LogP contribution is -2.02. The lowest BCUT2D eigenvalue weighted by Gasteiger charge is -2.16. The quantitative estimate of drug-likeness (QED) is 0.723. The van der Waals surface area contributed by atoms with Gasteiger partial charge in [-0.3, -0.25) is 9.55 Å². The van der Waals surface area contributed by atoms with Gasteiger partial charge in [0.05, 0.1) is 19.4 Å². The summed E-state index contributed by atoms with van der Waals surface area (Å²) in [7, 11) is -2.96. The summed E-state index contributed by atoms with van der Waals surface area (Å²) in [5, 5.41) is 2.24. The monoisotopic (exact) mass is 293 g/mol. The van der Waals surface area contributed by atoms with Crippen molar-refractivity contribution in [2.75, 3.05) is 19.4 Å². The maximum Gasteiger partial charge on any atom is 0.330 e. The Balaban J connectivity index is 2.09. The van der Waals surface area contributed by atoms with Crippen molar-refractivity contribution in [2.24, 2.45) is 0 Å². The Morgan fingerprint density at radius 2 is 1.85 bits per heavy atom. The van der Waals surface area contributed by atoms with E-state index in [0.29, 0.717) is 25.8 Å². The molecule has 0 saturated heterocycles. The number of hydrogen-bond donors (Lipinski definition) is 0. The number of pyridine rings is 1. The normalized spacial score (nSPS) is 11.9. The Morgan fingerprint density at radius 1 is 1.10 bits per heavy atom. The molecule has 0 aliphatic heterocycles. The van der Waals surface area contributed by atoms with Crippen LogP contribution in [0.4, 0.5) is 0 Å². The standard InChI is InChI=1S/C15H20NO3P/c1-3-18-20(17,19-4-2)10-8-13-5-6-14-7-9-16-12-15(14)11-13/h5-7,9,11-12H,3-4,8,10H2,1-2H3. The minimum absolute atomic E-state index is 0.402. The van der Waals surface area contributed by atoms with Gasteiger partial charge in [0.25, 0.3) is 0 Å². The molecule has 0 aliphatic rings. The fourth-order valence-electron chi connectivity index (χ4n) is 2.12. The largest absolute Gasteiger partial charge is 0.330 e. The van der Waals surface area contributed by atoms with Crippen LogP contribution in [0.25, 0.3) is 10.8 Å². The van der Waals surface area contributed by atoms with Crippen LogP contribution >= 0.6 is 7.60 Å². The highest BCUT2D eigenvalue weighted by atomic mass is 31.2. The van der Waals surface area contributed by atoms with E-state index < -0.39 is 7.60 Å². The molecule has 0 bridgehead atoms. The van der Waals surface area contributed by atoms with E-state index in [1.165, 1.54) is 0 Å². The van der Waals surface area contributed by atoms with Crippen molar-refractivity contribution in [2.45, 2.75) is 20.3 Å². The first kappa shape index (κ1) is 15.2. The average molecular weight is 293 g/mol. The Kier molecular flexibility index (Phi) is 5.30. The summed E-state index contributed by atoms with van der Waals surface area (Å²) in [6.45, 7) is 4.46. The molecule has 0 N–H and O–H groups in total. The van der Waals surface area contributed by atoms with Gasteiger partial charge in [0, 0.05) is 17.8 Å². The molecular formula is C15H20NO3P. The van der Waals surface area contributed by atoms with Gasteiger partial charge in [0.15, 0.2) is 0 Å². The van der Waals surface area contributed by atoms with E-state index in [-0.39, 0.29) is 0 Å². The Hall–Kier alpha value is -1.22. The lowest BCUT2D eigenvalue weighted by molar-refractivity contribution is 0.220. The van der Waals surface area contributed by atoms with Gasteiger partial charge in [-0.1, -0.05) is 12.1 Å². The molecule has 0 unspecified atom stereocenters. The highest BCUT2D eigenvalue weighted by Gasteiger charge is 2.22. The van der Waals surface area contributed by atoms with Crippen LogP contribution in [-0.2, 0) is 20.0 Å². The van der Waals surface area contributed by atoms with E-state index >= 15 is 0 Å². The SMILES string of the molecule is CCOP(=O)(CCc1ccc2ccncc2c1)OCC. The molecule has 0 spiro atoms. The molecule has 1 aromatic heterocycles. The zero-order chi connectivity index (χ0) is 14.4. The first-order valence-electron chi connectivity index (χ1n) is 6.87. The van der Waals surface area contributed by atoms with Crippen LogP contribution in [0.2, 0.25) is 0 Å². The highest BCUT2D eigenvalue weighted by molar-refractivity contribution is 7.53. The molecule has 0 aliphatic carbocycles. The van der Waals surface area contributed by atoms with Crippen molar-refractivity contribution >= 4 is 18.4 Å². The van der Waals surface area contributed by atoms with E-state index in [4.69, 9.17) is 9.05 Å². The molecule has 0 saturated carbocycles. The van der Waals surface area contributed by atoms with E-state index in [0.717, 1.165) is 16.3 Å². The van der Waals surface area contributed by atoms with Crippen molar-refractivity contribution in [1.29, 1.82) is 0 Å². The maximum absolute atomic E-state index is 12.4. The zero-order valence-corrected chi connectivity index (χ0v) is 12.8. The Bertz CT molecular complexity index is 605. The van der Waals surface area contributed by atoms with Crippen molar-refractivity contribution in [3.8, 4) is 0 Å². The Morgan fingerprint density at radius 3 is 2.55 bits per heavy atom. The number of hydrogen-bond acceptors (Lipinski definition) is 4. The molecular weight excluding hydrogens is 273 g/mol. The summed E-state index contributed by atoms with van der Waals surface area (Å²) in [6.07, 6.45) is 4.69. The predicted octanol–water partition coefficient (Wildman–Crippen LogP) is 4.04. The molecule has 0 fully saturated rings. The number of benzene rings is 1. The molecule has 2 aromatic rings. The van der Waals surface area contributed by atoms with Gasteiger partial charge in [-0.25, -0.2) is 0 Å². The second-order valence-electron chi connectivity index (χ2n) is 4.48. The summed E-state index contributed by atoms with van der Waals surface area (Å²) in [5.41, 5.74) is 1.12. The summed E-state index contributed by atoms with van der Waals surface area (Å²) in [4.78, 5) is 4.12. The summed E-state index contributed by atoms with van der Waals surface area (Å²) in [6, 6.07) is 8.15. The van der Waals surface area contributed by atoms with Crippen molar-refractivity contribution in [3.05, 3.63) is 42.2 Å². The van der Waals surface area contributed by atoms with Gasteiger partial charge in [0.1, 0.15) is 0 Å². The lowest BCUT2D eigenvalue weighted by atomic mass is 10.1. The fourth-order valence-corrected chi connectivity index (χ4v) is 3.77. The van der Waals surface area contributed by atoms with Crippen LogP contribution in [0.3, 0.4) is 0 Å². The number of fused-ring (bicyclic) bond motifs is 1. The molecule has 0 radical (unpaired) electrons. The van der Waals surface area contributed by atoms with Gasteiger partial charge in [-0.2, -0.15) is 0 Å². The number of aryl methyl sites for hydroxylation is 1. The van der Waals surface area contributed by atoms with Crippen molar-refractivity contribution < 1.29 is 13.6 Å². The zero-order valence-electron chi connectivity index (χ0n) is 11.9. The third-order valence-corrected chi connectivity index (χ3v) is 5.11. The summed E-state index contributed by atoms with van der Waals surface area (Å²) >= 11 is 0. The first-order chi connectivity index (χ1) is 9.67. The molecule has 2 rings (SSSR count). The average Bonchev–Trinajstić information content (AvgIpc) is 2.46. The van der Waals surface area contributed by atoms with Gasteiger partial charge >= 0.3 is 7.60 Å². The first-order valence-corrected chi connectivity index (χ1v) is 8.60. The molecule has 0 amide bonds. The third kappa shape index (κ3) is 3.89. The predicted molar refractivity (Wildman–Crippen MR) is 81.2 cm³/mol. The van der Waals surface area contributed by atoms with Gasteiger partial charge < -0.3 is 9.05 Å². The van der Waals surface area contributed by atoms with Gasteiger partial charge in [-0.15, -0.1) is 0 Å². The van der Waals surface area contributed by atoms with Crippen LogP contribution < -0.4 is 0 Å². The van der Waals surface area contributed by atoms with E-state index in [1.54, 1.807) is 6.20 Å². The van der Waals surface area contributed by atoms with Gasteiger partial charge in [0.2, 0.25) is 0 Å². The molecule has 5 heteroatoms. The second kappa shape index (κ2) is 6.98. The van der Waals surface area contributed by atoms with E-state index in [1.807, 2.05) is 32.2 Å². The molecule has 1 aromatic carbocycles. The van der Waals surface area contributed by atoms with Crippen LogP contribution in [0.15, 0.2) is 36.7 Å². The minimum Gasteiger partial charge on any atom is -0.309 e. The fraction of sp³-hybridized carbons (Fsp3) is 0.400. The highest BCUT2D eigenvalue weighted by Crippen LogP contribution is 2.48. The number of nitrogens with zero attached hydrogens (tertiary/aromatic N) is 1. The summed E-state index contributed by atoms with van der Waals surface area (Å²) in [5.74, 6) is 0. The molecule has 0 atom stereocenters. The Labute approximate surface area is 119 Å². The van der Waals surface area contributed by atoms with Crippen LogP contribution in [-0.4, -0.2) is 24.4 Å². The smallest absolute Gasteiger partial charge is 0.309 e. The summed E-state index contributed by atoms with van der Waals surface area (Å²) < 4.78 is 23.0. The minimum atomic E-state index is -2.96. The molecule has 108 valence electrons.